The Morgan fingerprint density at radius 1 is 1.12 bits per heavy atom. The van der Waals surface area contributed by atoms with Gasteiger partial charge in [-0.1, -0.05) is 59.8 Å². The van der Waals surface area contributed by atoms with Crippen molar-refractivity contribution in [2.75, 3.05) is 5.32 Å². The molecule has 1 atom stereocenters. The summed E-state index contributed by atoms with van der Waals surface area (Å²) in [6, 6.07) is 20.1. The van der Waals surface area contributed by atoms with E-state index < -0.39 is 5.25 Å². The van der Waals surface area contributed by atoms with E-state index in [4.69, 9.17) is 16.0 Å². The van der Waals surface area contributed by atoms with Crippen molar-refractivity contribution in [3.05, 3.63) is 95.4 Å². The Hall–Kier alpha value is -3.62. The zero-order chi connectivity index (χ0) is 23.8. The number of allylic oxidation sites excluding steroid dienone is 1. The number of thioether (sulfide) groups is 1. The fourth-order valence-electron chi connectivity index (χ4n) is 3.17. The van der Waals surface area contributed by atoms with E-state index in [9.17, 15) is 9.59 Å². The van der Waals surface area contributed by atoms with Crippen LogP contribution in [-0.2, 0) is 16.1 Å². The SMILES string of the molecule is O=C(CC1S\C(=N/N=C/C=C/c2ccccc2)N(Cc2ccco2)C1=O)Nc1ccc(Cl)cc1. The maximum absolute atomic E-state index is 13.1. The predicted octanol–water partition coefficient (Wildman–Crippen LogP) is 5.46. The van der Waals surface area contributed by atoms with Crippen LogP contribution in [0.25, 0.3) is 6.08 Å². The Balaban J connectivity index is 1.44. The van der Waals surface area contributed by atoms with Crippen LogP contribution in [0, 0.1) is 0 Å². The van der Waals surface area contributed by atoms with Gasteiger partial charge in [0.2, 0.25) is 11.8 Å². The Bertz CT molecular complexity index is 1210. The van der Waals surface area contributed by atoms with Crippen molar-refractivity contribution in [1.29, 1.82) is 0 Å². The third-order valence-electron chi connectivity index (χ3n) is 4.80. The Kier molecular flexibility index (Phi) is 7.95. The number of carbonyl (C=O) groups is 2. The van der Waals surface area contributed by atoms with Gasteiger partial charge >= 0.3 is 0 Å². The third kappa shape index (κ3) is 6.46. The molecule has 1 fully saturated rings. The van der Waals surface area contributed by atoms with Gasteiger partial charge in [0.25, 0.3) is 0 Å². The van der Waals surface area contributed by atoms with Gasteiger partial charge in [0, 0.05) is 23.3 Å². The minimum absolute atomic E-state index is 0.00255. The van der Waals surface area contributed by atoms with Crippen molar-refractivity contribution in [3.63, 3.8) is 0 Å². The van der Waals surface area contributed by atoms with Crippen LogP contribution in [0.4, 0.5) is 5.69 Å². The number of hydrogen-bond donors (Lipinski definition) is 1. The lowest BCUT2D eigenvalue weighted by molar-refractivity contribution is -0.128. The van der Waals surface area contributed by atoms with Crippen LogP contribution in [0.3, 0.4) is 0 Å². The number of nitrogens with one attached hydrogen (secondary N) is 1. The quantitative estimate of drug-likeness (QED) is 0.334. The van der Waals surface area contributed by atoms with E-state index in [0.29, 0.717) is 21.6 Å². The van der Waals surface area contributed by atoms with Crippen molar-refractivity contribution in [2.24, 2.45) is 10.2 Å². The third-order valence-corrected chi connectivity index (χ3v) is 6.21. The van der Waals surface area contributed by atoms with Crippen LogP contribution < -0.4 is 5.32 Å². The largest absolute Gasteiger partial charge is 0.467 e. The van der Waals surface area contributed by atoms with Crippen molar-refractivity contribution < 1.29 is 14.0 Å². The van der Waals surface area contributed by atoms with Crippen LogP contribution >= 0.6 is 23.4 Å². The van der Waals surface area contributed by atoms with Crippen LogP contribution in [0.5, 0.6) is 0 Å². The molecule has 4 rings (SSSR count). The molecule has 2 aromatic carbocycles. The van der Waals surface area contributed by atoms with Gasteiger partial charge in [0.15, 0.2) is 5.17 Å². The van der Waals surface area contributed by atoms with Gasteiger partial charge in [-0.3, -0.25) is 14.5 Å². The second-order valence-corrected chi connectivity index (χ2v) is 8.89. The molecule has 9 heteroatoms. The van der Waals surface area contributed by atoms with E-state index in [-0.39, 0.29) is 24.8 Å². The summed E-state index contributed by atoms with van der Waals surface area (Å²) in [6.45, 7) is 0.211. The highest BCUT2D eigenvalue weighted by Gasteiger charge is 2.39. The minimum Gasteiger partial charge on any atom is -0.467 e. The van der Waals surface area contributed by atoms with Crippen LogP contribution in [-0.4, -0.2) is 33.3 Å². The normalized spacial score (nSPS) is 17.3. The van der Waals surface area contributed by atoms with E-state index >= 15 is 0 Å². The number of furan rings is 1. The molecule has 1 aliphatic rings. The number of hydrogen-bond acceptors (Lipinski definition) is 6. The summed E-state index contributed by atoms with van der Waals surface area (Å²) in [5, 5.41) is 11.5. The molecular formula is C25H21ClN4O3S. The molecule has 34 heavy (non-hydrogen) atoms. The zero-order valence-corrected chi connectivity index (χ0v) is 19.6. The molecule has 7 nitrogen and oxygen atoms in total. The first-order chi connectivity index (χ1) is 16.6. The number of amidine groups is 1. The fraction of sp³-hybridized carbons (Fsp3) is 0.120. The van der Waals surface area contributed by atoms with Gasteiger partial charge in [-0.2, -0.15) is 5.10 Å². The lowest BCUT2D eigenvalue weighted by Gasteiger charge is -2.14. The van der Waals surface area contributed by atoms with Gasteiger partial charge in [0.05, 0.1) is 12.8 Å². The second kappa shape index (κ2) is 11.5. The monoisotopic (exact) mass is 492 g/mol. The highest BCUT2D eigenvalue weighted by Crippen LogP contribution is 2.31. The molecule has 1 saturated heterocycles. The van der Waals surface area contributed by atoms with E-state index in [0.717, 1.165) is 5.56 Å². The van der Waals surface area contributed by atoms with E-state index in [1.807, 2.05) is 36.4 Å². The molecule has 1 aromatic heterocycles. The molecule has 0 saturated carbocycles. The van der Waals surface area contributed by atoms with Gasteiger partial charge in [-0.25, -0.2) is 0 Å². The summed E-state index contributed by atoms with van der Waals surface area (Å²) in [5.74, 6) is 0.115. The summed E-state index contributed by atoms with van der Waals surface area (Å²) in [7, 11) is 0. The van der Waals surface area contributed by atoms with E-state index in [2.05, 4.69) is 15.5 Å². The summed E-state index contributed by atoms with van der Waals surface area (Å²) in [6.07, 6.45) is 6.77. The predicted molar refractivity (Wildman–Crippen MR) is 137 cm³/mol. The highest BCUT2D eigenvalue weighted by molar-refractivity contribution is 8.15. The number of carbonyl (C=O) groups excluding carboxylic acids is 2. The number of halogens is 1. The van der Waals surface area contributed by atoms with Crippen molar-refractivity contribution in [2.45, 2.75) is 18.2 Å². The van der Waals surface area contributed by atoms with Gasteiger partial charge in [0.1, 0.15) is 11.0 Å². The molecule has 1 N–H and O–H groups in total. The standard InChI is InChI=1S/C25H21ClN4O3S/c26-19-10-12-20(13-11-19)28-23(31)16-22-24(32)30(17-21-9-5-15-33-21)25(34-22)29-27-14-4-8-18-6-2-1-3-7-18/h1-15,22H,16-17H2,(H,28,31)/b8-4+,27-14+,29-25-. The van der Waals surface area contributed by atoms with Crippen LogP contribution in [0.15, 0.2) is 93.7 Å². The molecular weight excluding hydrogens is 472 g/mol. The molecule has 1 unspecified atom stereocenters. The molecule has 0 radical (unpaired) electrons. The molecule has 0 spiro atoms. The Morgan fingerprint density at radius 2 is 1.91 bits per heavy atom. The zero-order valence-electron chi connectivity index (χ0n) is 18.0. The number of amides is 2. The first-order valence-corrected chi connectivity index (χ1v) is 11.7. The van der Waals surface area contributed by atoms with Crippen LogP contribution in [0.1, 0.15) is 17.7 Å². The highest BCUT2D eigenvalue weighted by atomic mass is 35.5. The molecule has 2 heterocycles. The summed E-state index contributed by atoms with van der Waals surface area (Å²) >= 11 is 7.09. The molecule has 2 amide bonds. The minimum atomic E-state index is -0.615. The van der Waals surface area contributed by atoms with Crippen molar-refractivity contribution in [3.8, 4) is 0 Å². The molecule has 172 valence electrons. The smallest absolute Gasteiger partial charge is 0.243 e. The fourth-order valence-corrected chi connectivity index (χ4v) is 4.39. The Morgan fingerprint density at radius 3 is 2.65 bits per heavy atom. The van der Waals surface area contributed by atoms with Gasteiger partial charge in [-0.05, 0) is 48.0 Å². The topological polar surface area (TPSA) is 87.3 Å². The number of nitrogens with zero attached hydrogens (tertiary/aromatic N) is 3. The van der Waals surface area contributed by atoms with Gasteiger partial charge < -0.3 is 9.73 Å². The average Bonchev–Trinajstić information content (AvgIpc) is 3.45. The van der Waals surface area contributed by atoms with Crippen LogP contribution in [0.2, 0.25) is 5.02 Å². The summed E-state index contributed by atoms with van der Waals surface area (Å²) in [4.78, 5) is 27.1. The van der Waals surface area contributed by atoms with Crippen molar-refractivity contribution >= 4 is 58.3 Å². The molecule has 3 aromatic rings. The first-order valence-electron chi connectivity index (χ1n) is 10.5. The lowest BCUT2D eigenvalue weighted by Crippen LogP contribution is -2.33. The number of benzene rings is 2. The Labute approximate surface area is 206 Å². The lowest BCUT2D eigenvalue weighted by atomic mass is 10.2. The maximum atomic E-state index is 13.1. The van der Waals surface area contributed by atoms with E-state index in [1.54, 1.807) is 55.0 Å². The number of anilines is 1. The molecule has 1 aliphatic heterocycles. The second-order valence-electron chi connectivity index (χ2n) is 7.29. The first kappa shape index (κ1) is 23.5. The summed E-state index contributed by atoms with van der Waals surface area (Å²) < 4.78 is 5.39. The van der Waals surface area contributed by atoms with Gasteiger partial charge in [-0.15, -0.1) is 5.10 Å². The number of rotatable bonds is 8. The van der Waals surface area contributed by atoms with E-state index in [1.165, 1.54) is 16.7 Å². The maximum Gasteiger partial charge on any atom is 0.243 e. The molecule has 0 aliphatic carbocycles. The average molecular weight is 493 g/mol. The van der Waals surface area contributed by atoms with Crippen molar-refractivity contribution in [1.82, 2.24) is 4.90 Å². The summed E-state index contributed by atoms with van der Waals surface area (Å²) in [5.41, 5.74) is 1.65. The molecule has 0 bridgehead atoms.